The first-order valence-corrected chi connectivity index (χ1v) is 8.39. The van der Waals surface area contributed by atoms with Gasteiger partial charge in [0.05, 0.1) is 15.2 Å². The number of nitrogens with zero attached hydrogens (tertiary/aromatic N) is 1. The van der Waals surface area contributed by atoms with Crippen LogP contribution in [0.3, 0.4) is 0 Å². The Balaban J connectivity index is 1.90. The van der Waals surface area contributed by atoms with Gasteiger partial charge in [-0.1, -0.05) is 6.92 Å². The molecule has 0 radical (unpaired) electrons. The van der Waals surface area contributed by atoms with E-state index in [0.29, 0.717) is 22.6 Å². The van der Waals surface area contributed by atoms with Crippen molar-refractivity contribution in [1.29, 1.82) is 0 Å². The molecule has 1 aromatic rings. The van der Waals surface area contributed by atoms with Gasteiger partial charge < -0.3 is 10.0 Å². The van der Waals surface area contributed by atoms with Crippen molar-refractivity contribution in [2.75, 3.05) is 0 Å². The van der Waals surface area contributed by atoms with Crippen molar-refractivity contribution < 1.29 is 19.5 Å². The van der Waals surface area contributed by atoms with Gasteiger partial charge in [-0.3, -0.25) is 14.4 Å². The second-order valence-electron chi connectivity index (χ2n) is 6.20. The molecule has 2 bridgehead atoms. The number of hydrogen-bond donors (Lipinski definition) is 1. The van der Waals surface area contributed by atoms with E-state index < -0.39 is 11.4 Å². The van der Waals surface area contributed by atoms with Crippen LogP contribution in [-0.2, 0) is 4.79 Å². The monoisotopic (exact) mass is 321 g/mol. The largest absolute Gasteiger partial charge is 0.481 e. The molecule has 1 aromatic heterocycles. The van der Waals surface area contributed by atoms with Crippen LogP contribution in [0.4, 0.5) is 0 Å². The second-order valence-corrected chi connectivity index (χ2v) is 7.28. The maximum absolute atomic E-state index is 12.8. The van der Waals surface area contributed by atoms with E-state index in [-0.39, 0.29) is 23.8 Å². The predicted octanol–water partition coefficient (Wildman–Crippen LogP) is 2.81. The molecule has 2 saturated heterocycles. The summed E-state index contributed by atoms with van der Waals surface area (Å²) in [5.74, 6) is -0.973. The van der Waals surface area contributed by atoms with Crippen molar-refractivity contribution in [3.8, 4) is 0 Å². The summed E-state index contributed by atoms with van der Waals surface area (Å²) in [7, 11) is 0. The lowest BCUT2D eigenvalue weighted by atomic mass is 9.72. The number of thiophene rings is 1. The van der Waals surface area contributed by atoms with E-state index in [1.165, 1.54) is 18.3 Å². The number of carboxylic acids is 1. The Hall–Kier alpha value is -1.69. The number of carbonyl (C=O) groups excluding carboxylic acids is 2. The normalized spacial score (nSPS) is 29.8. The summed E-state index contributed by atoms with van der Waals surface area (Å²) >= 11 is 1.20. The lowest BCUT2D eigenvalue weighted by Gasteiger charge is -2.32. The molecule has 3 atom stereocenters. The molecular formula is C16H19NO4S. The standard InChI is InChI=1S/C16H19NO4S/c1-3-16(15(20)21)8-10-4-7-13(16)17(10)14(19)12-6-5-11(22-12)9(2)18/h5-6,10,13H,3-4,7-8H2,1-2H3,(H,20,21)/t10-,13+,16+/m0/s1. The summed E-state index contributed by atoms with van der Waals surface area (Å²) in [5.41, 5.74) is -0.806. The smallest absolute Gasteiger partial charge is 0.311 e. The lowest BCUT2D eigenvalue weighted by molar-refractivity contribution is -0.151. The molecular weight excluding hydrogens is 302 g/mol. The Bertz CT molecular complexity index is 652. The van der Waals surface area contributed by atoms with Crippen LogP contribution in [0.15, 0.2) is 12.1 Å². The van der Waals surface area contributed by atoms with Gasteiger partial charge in [0.2, 0.25) is 0 Å². The van der Waals surface area contributed by atoms with Crippen LogP contribution in [-0.4, -0.2) is 39.7 Å². The third kappa shape index (κ3) is 2.00. The Morgan fingerprint density at radius 3 is 2.50 bits per heavy atom. The fourth-order valence-corrected chi connectivity index (χ4v) is 4.87. The van der Waals surface area contributed by atoms with E-state index in [9.17, 15) is 19.5 Å². The summed E-state index contributed by atoms with van der Waals surface area (Å²) in [6.45, 7) is 3.36. The van der Waals surface area contributed by atoms with Gasteiger partial charge in [0.1, 0.15) is 0 Å². The second kappa shape index (κ2) is 5.19. The van der Waals surface area contributed by atoms with Crippen LogP contribution in [0.1, 0.15) is 58.9 Å². The van der Waals surface area contributed by atoms with Crippen LogP contribution < -0.4 is 0 Å². The minimum absolute atomic E-state index is 0.0106. The highest BCUT2D eigenvalue weighted by molar-refractivity contribution is 7.15. The minimum atomic E-state index is -0.806. The number of carbonyl (C=O) groups is 3. The summed E-state index contributed by atoms with van der Waals surface area (Å²) in [6.07, 6.45) is 2.70. The van der Waals surface area contributed by atoms with E-state index in [2.05, 4.69) is 0 Å². The first-order chi connectivity index (χ1) is 10.4. The summed E-state index contributed by atoms with van der Waals surface area (Å²) in [6, 6.07) is 3.13. The van der Waals surface area contributed by atoms with Crippen molar-refractivity contribution in [2.45, 2.75) is 51.6 Å². The van der Waals surface area contributed by atoms with Gasteiger partial charge in [-0.25, -0.2) is 0 Å². The van der Waals surface area contributed by atoms with Gasteiger partial charge in [0, 0.05) is 12.1 Å². The molecule has 2 aliphatic rings. The summed E-state index contributed by atoms with van der Waals surface area (Å²) in [5, 5.41) is 9.65. The highest BCUT2D eigenvalue weighted by Crippen LogP contribution is 2.52. The molecule has 1 amide bonds. The van der Waals surface area contributed by atoms with Crippen LogP contribution in [0, 0.1) is 5.41 Å². The number of aliphatic carboxylic acids is 1. The maximum atomic E-state index is 12.8. The molecule has 2 aliphatic heterocycles. The van der Waals surface area contributed by atoms with Crippen molar-refractivity contribution >= 4 is 29.0 Å². The van der Waals surface area contributed by atoms with Crippen molar-refractivity contribution in [3.05, 3.63) is 21.9 Å². The number of hydrogen-bond acceptors (Lipinski definition) is 4. The van der Waals surface area contributed by atoms with Crippen LogP contribution in [0.2, 0.25) is 0 Å². The topological polar surface area (TPSA) is 74.7 Å². The first-order valence-electron chi connectivity index (χ1n) is 7.57. The van der Waals surface area contributed by atoms with Crippen LogP contribution in [0.25, 0.3) is 0 Å². The number of ketones is 1. The zero-order valence-electron chi connectivity index (χ0n) is 12.7. The quantitative estimate of drug-likeness (QED) is 0.865. The molecule has 6 heteroatoms. The number of Topliss-reactive ketones (excluding diaryl/α,β-unsaturated/α-hetero) is 1. The molecule has 1 N–H and O–H groups in total. The molecule has 0 aliphatic carbocycles. The minimum Gasteiger partial charge on any atom is -0.481 e. The summed E-state index contributed by atoms with van der Waals surface area (Å²) < 4.78 is 0. The average molecular weight is 321 g/mol. The van der Waals surface area contributed by atoms with E-state index in [0.717, 1.165) is 12.8 Å². The van der Waals surface area contributed by atoms with Crippen LogP contribution >= 0.6 is 11.3 Å². The predicted molar refractivity (Wildman–Crippen MR) is 82.3 cm³/mol. The Kier molecular flexibility index (Phi) is 3.59. The van der Waals surface area contributed by atoms with Gasteiger partial charge in [0.25, 0.3) is 5.91 Å². The van der Waals surface area contributed by atoms with Gasteiger partial charge in [-0.15, -0.1) is 11.3 Å². The van der Waals surface area contributed by atoms with Crippen molar-refractivity contribution in [2.24, 2.45) is 5.41 Å². The third-order valence-corrected chi connectivity index (χ3v) is 6.37. The van der Waals surface area contributed by atoms with Gasteiger partial charge >= 0.3 is 5.97 Å². The zero-order valence-corrected chi connectivity index (χ0v) is 13.5. The van der Waals surface area contributed by atoms with Gasteiger partial charge in [0.15, 0.2) is 5.78 Å². The lowest BCUT2D eigenvalue weighted by Crippen LogP contribution is -2.44. The third-order valence-electron chi connectivity index (χ3n) is 5.20. The number of carboxylic acid groups (broad SMARTS) is 1. The molecule has 2 fully saturated rings. The Labute approximate surface area is 132 Å². The molecule has 5 nitrogen and oxygen atoms in total. The molecule has 3 heterocycles. The average Bonchev–Trinajstić information content (AvgIpc) is 3.19. The van der Waals surface area contributed by atoms with Crippen molar-refractivity contribution in [3.63, 3.8) is 0 Å². The van der Waals surface area contributed by atoms with E-state index in [1.807, 2.05) is 6.92 Å². The molecule has 118 valence electrons. The molecule has 22 heavy (non-hydrogen) atoms. The maximum Gasteiger partial charge on any atom is 0.311 e. The number of amides is 1. The molecule has 3 rings (SSSR count). The molecule has 0 aromatic carbocycles. The number of rotatable bonds is 4. The van der Waals surface area contributed by atoms with E-state index in [1.54, 1.807) is 17.0 Å². The Morgan fingerprint density at radius 1 is 1.32 bits per heavy atom. The number of fused-ring (bicyclic) bond motifs is 2. The molecule has 0 spiro atoms. The van der Waals surface area contributed by atoms with E-state index >= 15 is 0 Å². The van der Waals surface area contributed by atoms with E-state index in [4.69, 9.17) is 0 Å². The fraction of sp³-hybridized carbons (Fsp3) is 0.562. The van der Waals surface area contributed by atoms with Gasteiger partial charge in [-0.2, -0.15) is 0 Å². The van der Waals surface area contributed by atoms with Crippen LogP contribution in [0.5, 0.6) is 0 Å². The van der Waals surface area contributed by atoms with Gasteiger partial charge in [-0.05, 0) is 44.7 Å². The highest BCUT2D eigenvalue weighted by atomic mass is 32.1. The fourth-order valence-electron chi connectivity index (χ4n) is 4.02. The molecule has 0 unspecified atom stereocenters. The zero-order chi connectivity index (χ0) is 16.1. The highest BCUT2D eigenvalue weighted by Gasteiger charge is 2.60. The molecule has 0 saturated carbocycles. The Morgan fingerprint density at radius 2 is 2.00 bits per heavy atom. The first kappa shape index (κ1) is 15.2. The summed E-state index contributed by atoms with van der Waals surface area (Å²) in [4.78, 5) is 38.8. The van der Waals surface area contributed by atoms with Crippen molar-refractivity contribution in [1.82, 2.24) is 4.90 Å². The SMILES string of the molecule is CC[C@@]1(C(=O)O)C[C@@H]2CC[C@H]1N2C(=O)c1ccc(C(C)=O)s1.